The van der Waals surface area contributed by atoms with Gasteiger partial charge in [-0.05, 0) is 28.1 Å². The summed E-state index contributed by atoms with van der Waals surface area (Å²) in [5.74, 6) is 0.211. The summed E-state index contributed by atoms with van der Waals surface area (Å²) in [6, 6.07) is 4.37. The topological polar surface area (TPSA) is 61.0 Å². The summed E-state index contributed by atoms with van der Waals surface area (Å²) in [5, 5.41) is 0. The van der Waals surface area contributed by atoms with Gasteiger partial charge in [0.1, 0.15) is 11.6 Å². The largest absolute Gasteiger partial charge is 0.436 e. The second-order valence-corrected chi connectivity index (χ2v) is 3.78. The first kappa shape index (κ1) is 10.8. The summed E-state index contributed by atoms with van der Waals surface area (Å²) < 4.78 is 18.8. The van der Waals surface area contributed by atoms with Crippen LogP contribution in [0.25, 0.3) is 0 Å². The summed E-state index contributed by atoms with van der Waals surface area (Å²) in [5.41, 5.74) is 5.53. The van der Waals surface area contributed by atoms with E-state index in [0.717, 1.165) is 0 Å². The number of nitrogens with zero attached hydrogens (tertiary/aromatic N) is 2. The summed E-state index contributed by atoms with van der Waals surface area (Å²) in [6.45, 7) is 0. The van der Waals surface area contributed by atoms with Crippen molar-refractivity contribution in [3.05, 3.63) is 40.9 Å². The summed E-state index contributed by atoms with van der Waals surface area (Å²) in [7, 11) is 0. The van der Waals surface area contributed by atoms with E-state index in [2.05, 4.69) is 25.9 Å². The highest BCUT2D eigenvalue weighted by molar-refractivity contribution is 9.10. The first-order chi connectivity index (χ1) is 7.66. The Labute approximate surface area is 99.4 Å². The molecule has 1 heterocycles. The zero-order valence-corrected chi connectivity index (χ0v) is 9.61. The summed E-state index contributed by atoms with van der Waals surface area (Å²) in [4.78, 5) is 7.68. The number of hydrogen-bond donors (Lipinski definition) is 1. The smallest absolute Gasteiger partial charge is 0.262 e. The van der Waals surface area contributed by atoms with Gasteiger partial charge in [-0.3, -0.25) is 0 Å². The van der Waals surface area contributed by atoms with E-state index in [-0.39, 0.29) is 11.7 Å². The molecule has 2 N–H and O–H groups in total. The standard InChI is InChI=1S/C10H7BrFN3O/c11-7-2-1-6(5-8(7)12)16-10-9(13)14-3-4-15-10/h1-5H,(H2,13,14). The third-order valence-corrected chi connectivity index (χ3v) is 2.44. The van der Waals surface area contributed by atoms with Gasteiger partial charge in [-0.1, -0.05) is 0 Å². The number of aromatic nitrogens is 2. The van der Waals surface area contributed by atoms with Crippen molar-refractivity contribution < 1.29 is 9.13 Å². The van der Waals surface area contributed by atoms with Crippen LogP contribution < -0.4 is 10.5 Å². The minimum Gasteiger partial charge on any atom is -0.436 e. The molecule has 0 aliphatic carbocycles. The van der Waals surface area contributed by atoms with Gasteiger partial charge in [0.05, 0.1) is 4.47 Å². The number of benzene rings is 1. The molecule has 1 aromatic carbocycles. The number of hydrogen-bond acceptors (Lipinski definition) is 4. The molecule has 0 aliphatic rings. The molecule has 0 aliphatic heterocycles. The lowest BCUT2D eigenvalue weighted by Gasteiger charge is -2.06. The fourth-order valence-corrected chi connectivity index (χ4v) is 1.31. The molecule has 0 unspecified atom stereocenters. The van der Waals surface area contributed by atoms with Gasteiger partial charge in [0.2, 0.25) is 0 Å². The van der Waals surface area contributed by atoms with E-state index in [1.165, 1.54) is 24.5 Å². The van der Waals surface area contributed by atoms with E-state index < -0.39 is 5.82 Å². The number of nitrogens with two attached hydrogens (primary N) is 1. The average Bonchev–Trinajstić information content (AvgIpc) is 2.27. The zero-order chi connectivity index (χ0) is 11.5. The number of ether oxygens (including phenoxy) is 1. The SMILES string of the molecule is Nc1nccnc1Oc1ccc(Br)c(F)c1. The normalized spacial score (nSPS) is 10.1. The summed E-state index contributed by atoms with van der Waals surface area (Å²) >= 11 is 3.05. The van der Waals surface area contributed by atoms with Gasteiger partial charge in [-0.25, -0.2) is 14.4 Å². The first-order valence-electron chi connectivity index (χ1n) is 4.36. The average molecular weight is 284 g/mol. The highest BCUT2D eigenvalue weighted by Gasteiger charge is 2.06. The van der Waals surface area contributed by atoms with E-state index >= 15 is 0 Å². The van der Waals surface area contributed by atoms with Crippen LogP contribution in [-0.2, 0) is 0 Å². The van der Waals surface area contributed by atoms with Crippen molar-refractivity contribution in [3.63, 3.8) is 0 Å². The van der Waals surface area contributed by atoms with E-state index in [0.29, 0.717) is 10.2 Å². The highest BCUT2D eigenvalue weighted by atomic mass is 79.9. The molecule has 82 valence electrons. The van der Waals surface area contributed by atoms with E-state index in [4.69, 9.17) is 10.5 Å². The van der Waals surface area contributed by atoms with Crippen LogP contribution in [-0.4, -0.2) is 9.97 Å². The Morgan fingerprint density at radius 1 is 1.25 bits per heavy atom. The Hall–Kier alpha value is -1.69. The molecule has 0 saturated carbocycles. The molecule has 0 bridgehead atoms. The second-order valence-electron chi connectivity index (χ2n) is 2.92. The molecular formula is C10H7BrFN3O. The Bertz CT molecular complexity index is 521. The van der Waals surface area contributed by atoms with Crippen LogP contribution in [0.2, 0.25) is 0 Å². The molecule has 0 radical (unpaired) electrons. The van der Waals surface area contributed by atoms with E-state index in [1.807, 2.05) is 0 Å². The van der Waals surface area contributed by atoms with Crippen molar-refractivity contribution in [2.24, 2.45) is 0 Å². The predicted octanol–water partition coefficient (Wildman–Crippen LogP) is 2.75. The number of anilines is 1. The predicted molar refractivity (Wildman–Crippen MR) is 60.6 cm³/mol. The van der Waals surface area contributed by atoms with Gasteiger partial charge >= 0.3 is 0 Å². The Morgan fingerprint density at radius 3 is 2.69 bits per heavy atom. The molecule has 0 atom stereocenters. The molecule has 4 nitrogen and oxygen atoms in total. The molecule has 16 heavy (non-hydrogen) atoms. The third-order valence-electron chi connectivity index (χ3n) is 1.80. The molecule has 6 heteroatoms. The molecule has 0 amide bonds. The monoisotopic (exact) mass is 283 g/mol. The van der Waals surface area contributed by atoms with Crippen molar-refractivity contribution in [2.75, 3.05) is 5.73 Å². The van der Waals surface area contributed by atoms with Gasteiger partial charge in [-0.15, -0.1) is 0 Å². The van der Waals surface area contributed by atoms with Gasteiger partial charge in [-0.2, -0.15) is 0 Å². The van der Waals surface area contributed by atoms with Gasteiger partial charge in [0.15, 0.2) is 5.82 Å². The maximum Gasteiger partial charge on any atom is 0.262 e. The summed E-state index contributed by atoms with van der Waals surface area (Å²) in [6.07, 6.45) is 2.89. The minimum atomic E-state index is -0.417. The molecule has 2 aromatic rings. The maximum absolute atomic E-state index is 13.2. The number of nitrogen functional groups attached to an aromatic ring is 1. The maximum atomic E-state index is 13.2. The van der Waals surface area contributed by atoms with Gasteiger partial charge in [0.25, 0.3) is 5.88 Å². The quantitative estimate of drug-likeness (QED) is 0.921. The molecule has 2 rings (SSSR count). The van der Waals surface area contributed by atoms with Gasteiger partial charge in [0, 0.05) is 18.5 Å². The lowest BCUT2D eigenvalue weighted by Crippen LogP contribution is -1.97. The Morgan fingerprint density at radius 2 is 2.00 bits per heavy atom. The Balaban J connectivity index is 2.28. The van der Waals surface area contributed by atoms with E-state index in [1.54, 1.807) is 6.07 Å². The van der Waals surface area contributed by atoms with Crippen LogP contribution in [0.3, 0.4) is 0 Å². The molecule has 0 saturated heterocycles. The molecule has 0 fully saturated rings. The molecular weight excluding hydrogens is 277 g/mol. The van der Waals surface area contributed by atoms with Crippen molar-refractivity contribution in [1.29, 1.82) is 0 Å². The minimum absolute atomic E-state index is 0.157. The van der Waals surface area contributed by atoms with Crippen LogP contribution >= 0.6 is 15.9 Å². The molecule has 1 aromatic heterocycles. The van der Waals surface area contributed by atoms with Crippen LogP contribution in [0.15, 0.2) is 35.1 Å². The molecule has 0 spiro atoms. The van der Waals surface area contributed by atoms with Gasteiger partial charge < -0.3 is 10.5 Å². The number of halogens is 2. The highest BCUT2D eigenvalue weighted by Crippen LogP contribution is 2.26. The van der Waals surface area contributed by atoms with Crippen LogP contribution in [0.5, 0.6) is 11.6 Å². The zero-order valence-electron chi connectivity index (χ0n) is 8.02. The lowest BCUT2D eigenvalue weighted by molar-refractivity contribution is 0.458. The van der Waals surface area contributed by atoms with Crippen LogP contribution in [0, 0.1) is 5.82 Å². The second kappa shape index (κ2) is 4.44. The Kier molecular flexibility index (Phi) is 3.00. The third kappa shape index (κ3) is 2.27. The fourth-order valence-electron chi connectivity index (χ4n) is 1.07. The van der Waals surface area contributed by atoms with E-state index in [9.17, 15) is 4.39 Å². The van der Waals surface area contributed by atoms with Crippen molar-refractivity contribution >= 4 is 21.7 Å². The number of rotatable bonds is 2. The van der Waals surface area contributed by atoms with Crippen molar-refractivity contribution in [1.82, 2.24) is 9.97 Å². The first-order valence-corrected chi connectivity index (χ1v) is 5.15. The lowest BCUT2D eigenvalue weighted by atomic mass is 10.3. The van der Waals surface area contributed by atoms with Crippen molar-refractivity contribution in [2.45, 2.75) is 0 Å². The van der Waals surface area contributed by atoms with Crippen LogP contribution in [0.4, 0.5) is 10.2 Å². The van der Waals surface area contributed by atoms with Crippen LogP contribution in [0.1, 0.15) is 0 Å². The van der Waals surface area contributed by atoms with Crippen molar-refractivity contribution in [3.8, 4) is 11.6 Å². The fraction of sp³-hybridized carbons (Fsp3) is 0.